The molecule has 2 atom stereocenters. The van der Waals surface area contributed by atoms with Crippen LogP contribution in [0.15, 0.2) is 12.4 Å². The molecule has 0 N–H and O–H groups in total. The molecule has 0 spiro atoms. The van der Waals surface area contributed by atoms with E-state index >= 15 is 0 Å². The number of ketones is 1. The number of likely N-dealkylation sites (tertiary alicyclic amines) is 1. The maximum Gasteiger partial charge on any atom is 0.225 e. The molecule has 184 valence electrons. The minimum Gasteiger partial charge on any atom is -0.332 e. The van der Waals surface area contributed by atoms with Gasteiger partial charge in [-0.2, -0.15) is 0 Å². The maximum absolute atomic E-state index is 11.4. The number of aromatic nitrogens is 2. The lowest BCUT2D eigenvalue weighted by atomic mass is 9.81. The normalized spacial score (nSPS) is 30.5. The molecular weight excluding hydrogens is 410 g/mol. The Morgan fingerprint density at radius 1 is 0.939 bits per heavy atom. The second kappa shape index (κ2) is 11.3. The van der Waals surface area contributed by atoms with E-state index in [9.17, 15) is 4.79 Å². The molecule has 6 heteroatoms. The summed E-state index contributed by atoms with van der Waals surface area (Å²) < 4.78 is 0. The summed E-state index contributed by atoms with van der Waals surface area (Å²) in [5, 5.41) is 0. The van der Waals surface area contributed by atoms with Crippen molar-refractivity contribution in [2.75, 3.05) is 38.1 Å². The topological polar surface area (TPSA) is 52.6 Å². The molecule has 6 nitrogen and oxygen atoms in total. The van der Waals surface area contributed by atoms with Gasteiger partial charge in [-0.15, -0.1) is 0 Å². The molecule has 3 heterocycles. The molecule has 0 aromatic carbocycles. The Kier molecular flexibility index (Phi) is 8.39. The zero-order valence-electron chi connectivity index (χ0n) is 21.4. The van der Waals surface area contributed by atoms with Gasteiger partial charge in [0.25, 0.3) is 0 Å². The van der Waals surface area contributed by atoms with Crippen LogP contribution in [0.2, 0.25) is 0 Å². The Morgan fingerprint density at radius 2 is 1.52 bits per heavy atom. The summed E-state index contributed by atoms with van der Waals surface area (Å²) in [5.41, 5.74) is 1.32. The van der Waals surface area contributed by atoms with Gasteiger partial charge in [-0.05, 0) is 95.8 Å². The first-order chi connectivity index (χ1) is 16.0. The van der Waals surface area contributed by atoms with Gasteiger partial charge in [-0.3, -0.25) is 0 Å². The molecule has 2 aliphatic heterocycles. The minimum absolute atomic E-state index is 0.357. The number of anilines is 1. The van der Waals surface area contributed by atoms with Crippen molar-refractivity contribution in [2.45, 2.75) is 103 Å². The highest BCUT2D eigenvalue weighted by Crippen LogP contribution is 2.34. The fourth-order valence-corrected chi connectivity index (χ4v) is 6.64. The number of hydrogen-bond acceptors (Lipinski definition) is 6. The average Bonchev–Trinajstić information content (AvgIpc) is 2.84. The standard InChI is InChI=1S/C27H45N5O/c1-5-24-18-30(4)19-25(6-2)32(24)27-28-16-23(17-29-27)22-11-13-31(14-12-22)26-9-7-21(8-10-26)15-20(3)33/h16-17,21-22,24-26H,5-15,18-19H2,1-4H3. The van der Waals surface area contributed by atoms with Crippen LogP contribution in [-0.2, 0) is 4.79 Å². The summed E-state index contributed by atoms with van der Waals surface area (Å²) in [6.07, 6.45) is 14.7. The van der Waals surface area contributed by atoms with Crippen LogP contribution in [0.1, 0.15) is 90.0 Å². The molecule has 1 aliphatic carbocycles. The number of piperidine rings is 1. The van der Waals surface area contributed by atoms with Gasteiger partial charge in [0.2, 0.25) is 5.95 Å². The van der Waals surface area contributed by atoms with E-state index < -0.39 is 0 Å². The highest BCUT2D eigenvalue weighted by Gasteiger charge is 2.33. The fourth-order valence-electron chi connectivity index (χ4n) is 6.64. The number of nitrogens with zero attached hydrogens (tertiary/aromatic N) is 5. The van der Waals surface area contributed by atoms with Crippen LogP contribution in [0.25, 0.3) is 0 Å². The van der Waals surface area contributed by atoms with Gasteiger partial charge in [-0.1, -0.05) is 13.8 Å². The number of piperazine rings is 1. The van der Waals surface area contributed by atoms with Gasteiger partial charge >= 0.3 is 0 Å². The molecule has 4 rings (SSSR count). The van der Waals surface area contributed by atoms with E-state index in [4.69, 9.17) is 9.97 Å². The second-order valence-corrected chi connectivity index (χ2v) is 11.0. The van der Waals surface area contributed by atoms with E-state index in [2.05, 4.69) is 48.0 Å². The van der Waals surface area contributed by atoms with E-state index in [1.165, 1.54) is 57.2 Å². The number of carbonyl (C=O) groups excluding carboxylic acids is 1. The highest BCUT2D eigenvalue weighted by molar-refractivity contribution is 5.75. The van der Waals surface area contributed by atoms with Crippen molar-refractivity contribution in [2.24, 2.45) is 5.92 Å². The van der Waals surface area contributed by atoms with Crippen molar-refractivity contribution >= 4 is 11.7 Å². The molecule has 1 aromatic heterocycles. The third kappa shape index (κ3) is 5.94. The molecule has 0 amide bonds. The molecule has 3 fully saturated rings. The predicted octanol–water partition coefficient (Wildman–Crippen LogP) is 4.50. The summed E-state index contributed by atoms with van der Waals surface area (Å²) in [4.78, 5) is 28.9. The SMILES string of the molecule is CCC1CN(C)CC(CC)N1c1ncc(C2CCN(C3CCC(CC(C)=O)CC3)CC2)cn1. The molecule has 33 heavy (non-hydrogen) atoms. The lowest BCUT2D eigenvalue weighted by Crippen LogP contribution is -2.58. The Hall–Kier alpha value is -1.53. The van der Waals surface area contributed by atoms with Crippen molar-refractivity contribution in [3.63, 3.8) is 0 Å². The first-order valence-electron chi connectivity index (χ1n) is 13.5. The van der Waals surface area contributed by atoms with Gasteiger partial charge in [-0.25, -0.2) is 9.97 Å². The van der Waals surface area contributed by atoms with Crippen LogP contribution < -0.4 is 4.90 Å². The predicted molar refractivity (Wildman–Crippen MR) is 135 cm³/mol. The van der Waals surface area contributed by atoms with Crippen molar-refractivity contribution in [3.05, 3.63) is 18.0 Å². The molecular formula is C27H45N5O. The molecule has 2 unspecified atom stereocenters. The van der Waals surface area contributed by atoms with Gasteiger partial charge in [0.1, 0.15) is 5.78 Å². The highest BCUT2D eigenvalue weighted by atomic mass is 16.1. The first kappa shape index (κ1) is 24.6. The largest absolute Gasteiger partial charge is 0.332 e. The zero-order chi connectivity index (χ0) is 23.4. The monoisotopic (exact) mass is 455 g/mol. The first-order valence-corrected chi connectivity index (χ1v) is 13.5. The third-order valence-corrected chi connectivity index (χ3v) is 8.57. The van der Waals surface area contributed by atoms with Crippen LogP contribution >= 0.6 is 0 Å². The van der Waals surface area contributed by atoms with E-state index in [1.54, 1.807) is 6.92 Å². The number of Topliss-reactive ketones (excluding diaryl/α,β-unsaturated/α-hetero) is 1. The third-order valence-electron chi connectivity index (χ3n) is 8.57. The Labute approximate surface area is 201 Å². The van der Waals surface area contributed by atoms with Crippen molar-refractivity contribution < 1.29 is 4.79 Å². The van der Waals surface area contributed by atoms with Gasteiger partial charge < -0.3 is 19.5 Å². The van der Waals surface area contributed by atoms with Gasteiger partial charge in [0.15, 0.2) is 0 Å². The van der Waals surface area contributed by atoms with E-state index in [1.807, 2.05) is 0 Å². The fraction of sp³-hybridized carbons (Fsp3) is 0.815. The van der Waals surface area contributed by atoms with Crippen molar-refractivity contribution in [1.29, 1.82) is 0 Å². The molecule has 1 aromatic rings. The number of carbonyl (C=O) groups is 1. The van der Waals surface area contributed by atoms with Crippen LogP contribution in [0.3, 0.4) is 0 Å². The van der Waals surface area contributed by atoms with Gasteiger partial charge in [0.05, 0.1) is 0 Å². The van der Waals surface area contributed by atoms with E-state index in [0.29, 0.717) is 29.7 Å². The lowest BCUT2D eigenvalue weighted by Gasteiger charge is -2.45. The van der Waals surface area contributed by atoms with E-state index in [0.717, 1.165) is 44.3 Å². The summed E-state index contributed by atoms with van der Waals surface area (Å²) in [7, 11) is 2.23. The second-order valence-electron chi connectivity index (χ2n) is 11.0. The number of likely N-dealkylation sites (N-methyl/N-ethyl adjacent to an activating group) is 1. The molecule has 2 saturated heterocycles. The summed E-state index contributed by atoms with van der Waals surface area (Å²) >= 11 is 0. The van der Waals surface area contributed by atoms with Crippen LogP contribution in [0.4, 0.5) is 5.95 Å². The Morgan fingerprint density at radius 3 is 2.03 bits per heavy atom. The summed E-state index contributed by atoms with van der Waals surface area (Å²) in [6, 6.07) is 1.71. The van der Waals surface area contributed by atoms with Crippen LogP contribution in [-0.4, -0.2) is 76.9 Å². The molecule has 3 aliphatic rings. The Bertz CT molecular complexity index is 738. The van der Waals surface area contributed by atoms with Crippen molar-refractivity contribution in [3.8, 4) is 0 Å². The molecule has 0 bridgehead atoms. The summed E-state index contributed by atoms with van der Waals surface area (Å²) in [6.45, 7) is 10.8. The minimum atomic E-state index is 0.357. The van der Waals surface area contributed by atoms with Gasteiger partial charge in [0, 0.05) is 50.0 Å². The van der Waals surface area contributed by atoms with E-state index in [-0.39, 0.29) is 0 Å². The van der Waals surface area contributed by atoms with Crippen LogP contribution in [0.5, 0.6) is 0 Å². The Balaban J connectivity index is 1.31. The van der Waals surface area contributed by atoms with Crippen LogP contribution in [0, 0.1) is 5.92 Å². The maximum atomic E-state index is 11.4. The number of rotatable bonds is 7. The quantitative estimate of drug-likeness (QED) is 0.603. The number of hydrogen-bond donors (Lipinski definition) is 0. The zero-order valence-corrected chi connectivity index (χ0v) is 21.4. The lowest BCUT2D eigenvalue weighted by molar-refractivity contribution is -0.118. The summed E-state index contributed by atoms with van der Waals surface area (Å²) in [5.74, 6) is 2.49. The smallest absolute Gasteiger partial charge is 0.225 e. The molecule has 0 radical (unpaired) electrons. The molecule has 1 saturated carbocycles. The van der Waals surface area contributed by atoms with Crippen molar-refractivity contribution in [1.82, 2.24) is 19.8 Å². The average molecular weight is 456 g/mol.